The molecule has 1 amide bonds. The van der Waals surface area contributed by atoms with Gasteiger partial charge in [0.05, 0.1) is 17.4 Å². The lowest BCUT2D eigenvalue weighted by molar-refractivity contribution is -0.137. The first-order chi connectivity index (χ1) is 18.1. The van der Waals surface area contributed by atoms with Crippen LogP contribution in [0.3, 0.4) is 0 Å². The number of rotatable bonds is 6. The maximum Gasteiger partial charge on any atom is 0.418 e. The van der Waals surface area contributed by atoms with Gasteiger partial charge in [-0.1, -0.05) is 0 Å². The first-order valence-corrected chi connectivity index (χ1v) is 12.5. The van der Waals surface area contributed by atoms with Gasteiger partial charge < -0.3 is 21.3 Å². The Bertz CT molecular complexity index is 1350. The topological polar surface area (TPSA) is 122 Å². The molecule has 0 aromatic carbocycles. The van der Waals surface area contributed by atoms with Gasteiger partial charge in [0.15, 0.2) is 17.3 Å². The first-order valence-electron chi connectivity index (χ1n) is 12.5. The number of carbonyl (C=O) groups is 1. The predicted octanol–water partition coefficient (Wildman–Crippen LogP) is 4.44. The summed E-state index contributed by atoms with van der Waals surface area (Å²) in [6.45, 7) is 3.41. The Morgan fingerprint density at radius 2 is 1.84 bits per heavy atom. The van der Waals surface area contributed by atoms with Crippen molar-refractivity contribution < 1.29 is 18.0 Å². The molecule has 0 radical (unpaired) electrons. The number of anilines is 3. The van der Waals surface area contributed by atoms with Gasteiger partial charge in [0, 0.05) is 43.5 Å². The summed E-state index contributed by atoms with van der Waals surface area (Å²) in [5.74, 6) is -0.0844. The monoisotopic (exact) mass is 526 g/mol. The number of amides is 1. The fourth-order valence-electron chi connectivity index (χ4n) is 4.52. The largest absolute Gasteiger partial charge is 0.418 e. The number of nitrogens with one attached hydrogen (secondary N) is 2. The molecule has 1 saturated heterocycles. The number of alkyl halides is 3. The van der Waals surface area contributed by atoms with Crippen LogP contribution >= 0.6 is 0 Å². The number of piperidine rings is 1. The van der Waals surface area contributed by atoms with Crippen LogP contribution in [-0.2, 0) is 6.18 Å². The van der Waals surface area contributed by atoms with Crippen molar-refractivity contribution in [3.05, 3.63) is 53.6 Å². The van der Waals surface area contributed by atoms with E-state index in [1.165, 1.54) is 12.3 Å². The number of hydrogen-bond acceptors (Lipinski definition) is 8. The number of hydrogen-bond donors (Lipinski definition) is 3. The van der Waals surface area contributed by atoms with E-state index in [9.17, 15) is 18.0 Å². The Kier molecular flexibility index (Phi) is 6.68. The highest BCUT2D eigenvalue weighted by atomic mass is 19.4. The minimum atomic E-state index is -4.65. The molecule has 12 heteroatoms. The van der Waals surface area contributed by atoms with E-state index in [0.29, 0.717) is 24.6 Å². The smallest absolute Gasteiger partial charge is 0.371 e. The number of nitrogens with two attached hydrogens (primary N) is 1. The molecule has 3 aromatic rings. The molecule has 1 aliphatic heterocycles. The van der Waals surface area contributed by atoms with Gasteiger partial charge in [0.2, 0.25) is 0 Å². The van der Waals surface area contributed by atoms with Crippen LogP contribution in [0.4, 0.5) is 30.5 Å². The Labute approximate surface area is 218 Å². The third-order valence-electron chi connectivity index (χ3n) is 6.95. The van der Waals surface area contributed by atoms with Crippen molar-refractivity contribution in [2.45, 2.75) is 50.2 Å². The van der Waals surface area contributed by atoms with Gasteiger partial charge in [-0.25, -0.2) is 15.0 Å². The van der Waals surface area contributed by atoms with Crippen LogP contribution in [0.2, 0.25) is 0 Å². The minimum Gasteiger partial charge on any atom is -0.371 e. The number of halogens is 3. The molecule has 1 aliphatic carbocycles. The van der Waals surface area contributed by atoms with E-state index in [1.807, 2.05) is 13.0 Å². The second-order valence-electron chi connectivity index (χ2n) is 10.1. The fourth-order valence-corrected chi connectivity index (χ4v) is 4.52. The van der Waals surface area contributed by atoms with Gasteiger partial charge in [-0.15, -0.1) is 0 Å². The molecule has 5 rings (SSSR count). The molecule has 0 atom stereocenters. The third kappa shape index (κ3) is 5.40. The molecule has 0 unspecified atom stereocenters. The molecule has 2 fully saturated rings. The Morgan fingerprint density at radius 3 is 2.50 bits per heavy atom. The molecular formula is C26H29F3N8O. The first kappa shape index (κ1) is 25.8. The van der Waals surface area contributed by atoms with Gasteiger partial charge in [0.25, 0.3) is 5.91 Å². The standard InChI is InChI=1S/C26H29F3N8O/c1-25(30)9-12-37(13-10-25)19-4-3-11-32-22(19)36-24(38)21-23(31-2)33-14-18(35-21)20-16(26(27,28)29)7-8-17(34-20)15-5-6-15/h3-4,7-8,11,14-15H,5-6,9-10,12-13,30H2,1-2H3,(H,31,33)(H,32,36,38). The van der Waals surface area contributed by atoms with Crippen molar-refractivity contribution in [3.8, 4) is 11.4 Å². The number of carbonyl (C=O) groups excluding carboxylic acids is 1. The highest BCUT2D eigenvalue weighted by Crippen LogP contribution is 2.42. The minimum absolute atomic E-state index is 0.118. The number of nitrogens with zero attached hydrogens (tertiary/aromatic N) is 5. The maximum atomic E-state index is 13.8. The van der Waals surface area contributed by atoms with E-state index in [-0.39, 0.29) is 34.4 Å². The summed E-state index contributed by atoms with van der Waals surface area (Å²) >= 11 is 0. The molecule has 0 bridgehead atoms. The summed E-state index contributed by atoms with van der Waals surface area (Å²) in [7, 11) is 1.55. The number of pyridine rings is 2. The molecule has 4 heterocycles. The van der Waals surface area contributed by atoms with Gasteiger partial charge in [-0.2, -0.15) is 13.2 Å². The molecule has 200 valence electrons. The second kappa shape index (κ2) is 9.82. The average molecular weight is 527 g/mol. The predicted molar refractivity (Wildman–Crippen MR) is 138 cm³/mol. The van der Waals surface area contributed by atoms with Crippen molar-refractivity contribution >= 4 is 23.2 Å². The van der Waals surface area contributed by atoms with Crippen molar-refractivity contribution in [1.82, 2.24) is 19.9 Å². The fraction of sp³-hybridized carbons (Fsp3) is 0.423. The van der Waals surface area contributed by atoms with E-state index in [1.54, 1.807) is 19.3 Å². The van der Waals surface area contributed by atoms with Crippen molar-refractivity contribution in [2.75, 3.05) is 35.7 Å². The van der Waals surface area contributed by atoms with Gasteiger partial charge >= 0.3 is 6.18 Å². The highest BCUT2D eigenvalue weighted by molar-refractivity contribution is 6.07. The van der Waals surface area contributed by atoms with Gasteiger partial charge in [0.1, 0.15) is 11.4 Å². The van der Waals surface area contributed by atoms with E-state index in [2.05, 4.69) is 35.5 Å². The normalized spacial score (nSPS) is 17.3. The molecule has 1 saturated carbocycles. The zero-order valence-electron chi connectivity index (χ0n) is 21.1. The Hall–Kier alpha value is -3.80. The summed E-state index contributed by atoms with van der Waals surface area (Å²) in [5.41, 5.74) is 5.74. The zero-order chi connectivity index (χ0) is 27.1. The summed E-state index contributed by atoms with van der Waals surface area (Å²) in [6, 6.07) is 6.06. The molecule has 2 aliphatic rings. The lowest BCUT2D eigenvalue weighted by Gasteiger charge is -2.38. The summed E-state index contributed by atoms with van der Waals surface area (Å²) in [5, 5.41) is 5.57. The van der Waals surface area contributed by atoms with E-state index in [4.69, 9.17) is 5.73 Å². The van der Waals surface area contributed by atoms with Crippen molar-refractivity contribution in [3.63, 3.8) is 0 Å². The van der Waals surface area contributed by atoms with Crippen LogP contribution in [0, 0.1) is 0 Å². The van der Waals surface area contributed by atoms with E-state index < -0.39 is 17.6 Å². The lowest BCUT2D eigenvalue weighted by atomic mass is 9.91. The highest BCUT2D eigenvalue weighted by Gasteiger charge is 2.37. The second-order valence-corrected chi connectivity index (χ2v) is 10.1. The van der Waals surface area contributed by atoms with Crippen molar-refractivity contribution in [2.24, 2.45) is 5.73 Å². The summed E-state index contributed by atoms with van der Waals surface area (Å²) in [6.07, 6.45) is 1.42. The molecular weight excluding hydrogens is 497 g/mol. The Balaban J connectivity index is 1.48. The maximum absolute atomic E-state index is 13.8. The van der Waals surface area contributed by atoms with E-state index in [0.717, 1.165) is 37.4 Å². The van der Waals surface area contributed by atoms with Crippen LogP contribution in [0.1, 0.15) is 60.3 Å². The lowest BCUT2D eigenvalue weighted by Crippen LogP contribution is -2.48. The SMILES string of the molecule is CNc1ncc(-c2nc(C3CC3)ccc2C(F)(F)F)nc1C(=O)Nc1ncccc1N1CCC(C)(N)CC1. The van der Waals surface area contributed by atoms with Gasteiger partial charge in [-0.05, 0) is 56.9 Å². The average Bonchev–Trinajstić information content (AvgIpc) is 3.74. The van der Waals surface area contributed by atoms with Crippen LogP contribution in [0.15, 0.2) is 36.7 Å². The Morgan fingerprint density at radius 1 is 1.11 bits per heavy atom. The van der Waals surface area contributed by atoms with Crippen molar-refractivity contribution in [1.29, 1.82) is 0 Å². The summed E-state index contributed by atoms with van der Waals surface area (Å²) in [4.78, 5) is 32.6. The van der Waals surface area contributed by atoms with Crippen LogP contribution in [0.5, 0.6) is 0 Å². The van der Waals surface area contributed by atoms with Crippen LogP contribution in [0.25, 0.3) is 11.4 Å². The van der Waals surface area contributed by atoms with Crippen LogP contribution < -0.4 is 21.3 Å². The van der Waals surface area contributed by atoms with Crippen LogP contribution in [-0.4, -0.2) is 51.5 Å². The molecule has 4 N–H and O–H groups in total. The quantitative estimate of drug-likeness (QED) is 0.431. The molecule has 9 nitrogen and oxygen atoms in total. The molecule has 38 heavy (non-hydrogen) atoms. The van der Waals surface area contributed by atoms with E-state index >= 15 is 0 Å². The number of aromatic nitrogens is 4. The zero-order valence-corrected chi connectivity index (χ0v) is 21.1. The summed E-state index contributed by atoms with van der Waals surface area (Å²) < 4.78 is 41.5. The molecule has 3 aromatic heterocycles. The third-order valence-corrected chi connectivity index (χ3v) is 6.95. The molecule has 0 spiro atoms. The van der Waals surface area contributed by atoms with Gasteiger partial charge in [-0.3, -0.25) is 9.78 Å².